The fourth-order valence-corrected chi connectivity index (χ4v) is 2.40. The Bertz CT molecular complexity index is 477. The third kappa shape index (κ3) is 5.47. The summed E-state index contributed by atoms with van der Waals surface area (Å²) in [6, 6.07) is 3.50. The van der Waals surface area contributed by atoms with Crippen molar-refractivity contribution in [1.29, 1.82) is 0 Å². The monoisotopic (exact) mass is 364 g/mol. The second-order valence-electron chi connectivity index (χ2n) is 5.08. The lowest BCUT2D eigenvalue weighted by molar-refractivity contribution is -0.120. The molecule has 2 fully saturated rings. The summed E-state index contributed by atoms with van der Waals surface area (Å²) >= 11 is 0. The zero-order chi connectivity index (χ0) is 14.5. The average Bonchev–Trinajstić information content (AvgIpc) is 2.57. The maximum atomic E-state index is 12.0. The molecule has 2 saturated heterocycles. The minimum Gasteiger partial charge on any atom is -0.378 e. The molecule has 23 heavy (non-hydrogen) atoms. The molecule has 2 aliphatic heterocycles. The molecule has 2 N–H and O–H groups in total. The van der Waals surface area contributed by atoms with E-state index in [9.17, 15) is 4.79 Å². The molecule has 1 atom stereocenters. The predicted octanol–water partition coefficient (Wildman–Crippen LogP) is 0.689. The molecule has 3 rings (SSSR count). The highest BCUT2D eigenvalue weighted by atomic mass is 35.5. The molecule has 0 bridgehead atoms. The number of ether oxygens (including phenoxy) is 2. The molecular formula is C14H22Cl2N4O3. The van der Waals surface area contributed by atoms with Gasteiger partial charge < -0.3 is 25.0 Å². The summed E-state index contributed by atoms with van der Waals surface area (Å²) in [6.07, 6.45) is 1.69. The van der Waals surface area contributed by atoms with E-state index < -0.39 is 0 Å². The standard InChI is InChI=1S/C14H20N4O3.2ClH/c19-14(12-10-21-6-3-15-12)17-11-1-2-13(16-9-11)18-4-7-20-8-5-18;;/h1-2,9,12,15H,3-8,10H2,(H,17,19);2*1H. The highest BCUT2D eigenvalue weighted by Crippen LogP contribution is 2.15. The molecule has 1 aromatic rings. The summed E-state index contributed by atoms with van der Waals surface area (Å²) < 4.78 is 10.6. The van der Waals surface area contributed by atoms with Gasteiger partial charge in [-0.05, 0) is 12.1 Å². The fourth-order valence-electron chi connectivity index (χ4n) is 2.40. The molecule has 1 unspecified atom stereocenters. The van der Waals surface area contributed by atoms with E-state index in [4.69, 9.17) is 9.47 Å². The summed E-state index contributed by atoms with van der Waals surface area (Å²) in [5, 5.41) is 5.98. The van der Waals surface area contributed by atoms with Crippen LogP contribution >= 0.6 is 24.8 Å². The molecule has 9 heteroatoms. The van der Waals surface area contributed by atoms with Gasteiger partial charge in [0.1, 0.15) is 11.9 Å². The summed E-state index contributed by atoms with van der Waals surface area (Å²) in [5.41, 5.74) is 0.699. The van der Waals surface area contributed by atoms with Gasteiger partial charge in [0.2, 0.25) is 5.91 Å². The van der Waals surface area contributed by atoms with Crippen LogP contribution in [0.5, 0.6) is 0 Å². The Kier molecular flexibility index (Phi) is 8.57. The lowest BCUT2D eigenvalue weighted by Gasteiger charge is -2.27. The van der Waals surface area contributed by atoms with Crippen LogP contribution in [0.25, 0.3) is 0 Å². The molecule has 130 valence electrons. The average molecular weight is 365 g/mol. The third-order valence-corrected chi connectivity index (χ3v) is 3.59. The maximum absolute atomic E-state index is 12.0. The maximum Gasteiger partial charge on any atom is 0.243 e. The van der Waals surface area contributed by atoms with E-state index in [0.29, 0.717) is 25.4 Å². The molecule has 1 amide bonds. The van der Waals surface area contributed by atoms with E-state index in [1.165, 1.54) is 0 Å². The highest BCUT2D eigenvalue weighted by molar-refractivity contribution is 5.94. The zero-order valence-electron chi connectivity index (χ0n) is 12.7. The van der Waals surface area contributed by atoms with Crippen LogP contribution in [0.3, 0.4) is 0 Å². The fraction of sp³-hybridized carbons (Fsp3) is 0.571. The second-order valence-corrected chi connectivity index (χ2v) is 5.08. The minimum atomic E-state index is -0.294. The van der Waals surface area contributed by atoms with Crippen LogP contribution in [-0.2, 0) is 14.3 Å². The minimum absolute atomic E-state index is 0. The van der Waals surface area contributed by atoms with Crippen LogP contribution in [0.1, 0.15) is 0 Å². The Hall–Kier alpha value is -1.12. The molecule has 0 spiro atoms. The molecular weight excluding hydrogens is 343 g/mol. The normalized spacial score (nSPS) is 20.9. The van der Waals surface area contributed by atoms with E-state index >= 15 is 0 Å². The van der Waals surface area contributed by atoms with Gasteiger partial charge in [-0.15, -0.1) is 24.8 Å². The van der Waals surface area contributed by atoms with Crippen molar-refractivity contribution in [3.63, 3.8) is 0 Å². The van der Waals surface area contributed by atoms with Gasteiger partial charge in [0, 0.05) is 19.6 Å². The quantitative estimate of drug-likeness (QED) is 0.821. The summed E-state index contributed by atoms with van der Waals surface area (Å²) in [6.45, 7) is 4.92. The van der Waals surface area contributed by atoms with Gasteiger partial charge in [0.15, 0.2) is 0 Å². The molecule has 0 aromatic carbocycles. The van der Waals surface area contributed by atoms with Crippen molar-refractivity contribution >= 4 is 42.2 Å². The van der Waals surface area contributed by atoms with Crippen molar-refractivity contribution in [1.82, 2.24) is 10.3 Å². The third-order valence-electron chi connectivity index (χ3n) is 3.59. The smallest absolute Gasteiger partial charge is 0.243 e. The highest BCUT2D eigenvalue weighted by Gasteiger charge is 2.21. The number of hydrogen-bond acceptors (Lipinski definition) is 6. The van der Waals surface area contributed by atoms with Crippen molar-refractivity contribution in [2.75, 3.05) is 56.3 Å². The van der Waals surface area contributed by atoms with Gasteiger partial charge in [-0.2, -0.15) is 0 Å². The topological polar surface area (TPSA) is 75.7 Å². The van der Waals surface area contributed by atoms with E-state index in [1.807, 2.05) is 12.1 Å². The first-order chi connectivity index (χ1) is 10.3. The number of carbonyl (C=O) groups is 1. The number of pyridine rings is 1. The van der Waals surface area contributed by atoms with Crippen LogP contribution in [0, 0.1) is 0 Å². The summed E-state index contributed by atoms with van der Waals surface area (Å²) in [4.78, 5) is 18.6. The SMILES string of the molecule is Cl.Cl.O=C(Nc1ccc(N2CCOCC2)nc1)C1COCCN1. The number of nitrogens with one attached hydrogen (secondary N) is 2. The first kappa shape index (κ1) is 19.9. The van der Waals surface area contributed by atoms with Gasteiger partial charge in [-0.1, -0.05) is 0 Å². The molecule has 1 aromatic heterocycles. The molecule has 7 nitrogen and oxygen atoms in total. The number of anilines is 2. The van der Waals surface area contributed by atoms with Crippen molar-refractivity contribution < 1.29 is 14.3 Å². The number of aromatic nitrogens is 1. The van der Waals surface area contributed by atoms with Gasteiger partial charge in [0.05, 0.1) is 38.3 Å². The predicted molar refractivity (Wildman–Crippen MR) is 93.0 cm³/mol. The Morgan fingerprint density at radius 1 is 1.22 bits per heavy atom. The first-order valence-electron chi connectivity index (χ1n) is 7.24. The Morgan fingerprint density at radius 3 is 2.61 bits per heavy atom. The number of nitrogens with zero attached hydrogens (tertiary/aromatic N) is 2. The Morgan fingerprint density at radius 2 is 2.00 bits per heavy atom. The van der Waals surface area contributed by atoms with Crippen molar-refractivity contribution in [3.05, 3.63) is 18.3 Å². The number of hydrogen-bond donors (Lipinski definition) is 2. The summed E-state index contributed by atoms with van der Waals surface area (Å²) in [7, 11) is 0. The number of amides is 1. The molecule has 0 aliphatic carbocycles. The molecule has 3 heterocycles. The largest absolute Gasteiger partial charge is 0.378 e. The van der Waals surface area contributed by atoms with Crippen LogP contribution in [0.4, 0.5) is 11.5 Å². The van der Waals surface area contributed by atoms with Crippen LogP contribution in [-0.4, -0.2) is 63.0 Å². The van der Waals surface area contributed by atoms with Crippen molar-refractivity contribution in [2.45, 2.75) is 6.04 Å². The van der Waals surface area contributed by atoms with E-state index in [-0.39, 0.29) is 36.8 Å². The zero-order valence-corrected chi connectivity index (χ0v) is 14.3. The van der Waals surface area contributed by atoms with Gasteiger partial charge in [-0.3, -0.25) is 4.79 Å². The Labute approximate surface area is 147 Å². The van der Waals surface area contributed by atoms with Crippen molar-refractivity contribution in [2.24, 2.45) is 0 Å². The van der Waals surface area contributed by atoms with E-state index in [0.717, 1.165) is 32.1 Å². The number of morpholine rings is 2. The summed E-state index contributed by atoms with van der Waals surface area (Å²) in [5.74, 6) is 0.825. The van der Waals surface area contributed by atoms with E-state index in [2.05, 4.69) is 20.5 Å². The molecule has 2 aliphatic rings. The number of rotatable bonds is 3. The van der Waals surface area contributed by atoms with Gasteiger partial charge in [0.25, 0.3) is 0 Å². The van der Waals surface area contributed by atoms with Crippen molar-refractivity contribution in [3.8, 4) is 0 Å². The lowest BCUT2D eigenvalue weighted by atomic mass is 10.2. The van der Waals surface area contributed by atoms with E-state index in [1.54, 1.807) is 6.20 Å². The van der Waals surface area contributed by atoms with Gasteiger partial charge >= 0.3 is 0 Å². The first-order valence-corrected chi connectivity index (χ1v) is 7.24. The molecule has 0 saturated carbocycles. The van der Waals surface area contributed by atoms with Crippen LogP contribution in [0.15, 0.2) is 18.3 Å². The van der Waals surface area contributed by atoms with Gasteiger partial charge in [-0.25, -0.2) is 4.98 Å². The van der Waals surface area contributed by atoms with Crippen LogP contribution in [0.2, 0.25) is 0 Å². The second kappa shape index (κ2) is 9.89. The van der Waals surface area contributed by atoms with Crippen LogP contribution < -0.4 is 15.5 Å². The lowest BCUT2D eigenvalue weighted by Crippen LogP contribution is -2.48. The number of halogens is 2. The Balaban J connectivity index is 0.00000132. The number of carbonyl (C=O) groups excluding carboxylic acids is 1. The molecule has 0 radical (unpaired) electrons.